The monoisotopic (exact) mass is 478 g/mol. The summed E-state index contributed by atoms with van der Waals surface area (Å²) in [5, 5.41) is 12.6. The molecule has 0 radical (unpaired) electrons. The minimum absolute atomic E-state index is 0.338. The van der Waals surface area contributed by atoms with Crippen molar-refractivity contribution in [2.75, 3.05) is 6.54 Å². The summed E-state index contributed by atoms with van der Waals surface area (Å²) in [6.07, 6.45) is 0.0679. The predicted molar refractivity (Wildman–Crippen MR) is 129 cm³/mol. The van der Waals surface area contributed by atoms with E-state index >= 15 is 0 Å². The first kappa shape index (κ1) is 24.2. The topological polar surface area (TPSA) is 93.8 Å². The Morgan fingerprint density at radius 3 is 2.60 bits per heavy atom. The summed E-state index contributed by atoms with van der Waals surface area (Å²) in [4.78, 5) is 15.9. The molecule has 7 nitrogen and oxygen atoms in total. The van der Waals surface area contributed by atoms with Crippen LogP contribution in [0.2, 0.25) is 0 Å². The van der Waals surface area contributed by atoms with Gasteiger partial charge in [0, 0.05) is 13.0 Å². The smallest absolute Gasteiger partial charge is 0.347 e. The summed E-state index contributed by atoms with van der Waals surface area (Å²) in [7, 11) is 0. The molecule has 4 aromatic rings. The number of fused-ring (bicyclic) bond motifs is 1. The third kappa shape index (κ3) is 6.36. The van der Waals surface area contributed by atoms with E-state index in [1.165, 1.54) is 26.0 Å². The number of nitrogens with one attached hydrogen (secondary N) is 1. The van der Waals surface area contributed by atoms with Crippen molar-refractivity contribution >= 4 is 17.1 Å². The van der Waals surface area contributed by atoms with E-state index in [-0.39, 0.29) is 5.82 Å². The molecule has 0 amide bonds. The number of oxazole rings is 1. The van der Waals surface area contributed by atoms with E-state index in [0.29, 0.717) is 42.5 Å². The second-order valence-electron chi connectivity index (χ2n) is 8.61. The lowest BCUT2D eigenvalue weighted by Crippen LogP contribution is -2.37. The van der Waals surface area contributed by atoms with Gasteiger partial charge in [-0.05, 0) is 74.5 Å². The fourth-order valence-corrected chi connectivity index (χ4v) is 3.46. The lowest BCUT2D eigenvalue weighted by molar-refractivity contribution is -0.152. The second kappa shape index (κ2) is 10.6. The van der Waals surface area contributed by atoms with Crippen LogP contribution in [-0.4, -0.2) is 28.2 Å². The molecule has 0 aliphatic carbocycles. The van der Waals surface area contributed by atoms with Gasteiger partial charge in [0.15, 0.2) is 17.3 Å². The fraction of sp³-hybridized carbons (Fsp3) is 0.259. The van der Waals surface area contributed by atoms with Crippen LogP contribution < -0.4 is 14.8 Å². The van der Waals surface area contributed by atoms with Gasteiger partial charge in [-0.3, -0.25) is 0 Å². The number of hydrogen-bond donors (Lipinski definition) is 2. The third-order valence-electron chi connectivity index (χ3n) is 5.38. The van der Waals surface area contributed by atoms with Crippen LogP contribution in [0.1, 0.15) is 37.8 Å². The maximum absolute atomic E-state index is 13.3. The largest absolute Gasteiger partial charge is 0.481 e. The molecule has 8 heteroatoms. The van der Waals surface area contributed by atoms with Crippen LogP contribution in [-0.2, 0) is 11.3 Å². The molecule has 4 rings (SSSR count). The molecule has 1 heterocycles. The summed E-state index contributed by atoms with van der Waals surface area (Å²) in [5.41, 5.74) is 1.03. The van der Waals surface area contributed by atoms with E-state index in [0.717, 1.165) is 11.1 Å². The first-order valence-corrected chi connectivity index (χ1v) is 11.3. The molecule has 0 aliphatic rings. The number of carbonyl (C=O) groups is 1. The van der Waals surface area contributed by atoms with Gasteiger partial charge >= 0.3 is 5.97 Å². The number of rotatable bonds is 11. The van der Waals surface area contributed by atoms with Crippen LogP contribution in [0.15, 0.2) is 77.2 Å². The molecular formula is C27H27FN2O5. The number of carboxylic acid groups (broad SMARTS) is 1. The maximum atomic E-state index is 13.3. The van der Waals surface area contributed by atoms with Crippen molar-refractivity contribution in [3.63, 3.8) is 0 Å². The van der Waals surface area contributed by atoms with Crippen LogP contribution in [0.5, 0.6) is 11.5 Å². The van der Waals surface area contributed by atoms with Gasteiger partial charge in [0.05, 0.1) is 0 Å². The first-order chi connectivity index (χ1) is 16.8. The highest BCUT2D eigenvalue weighted by atomic mass is 19.1. The van der Waals surface area contributed by atoms with Gasteiger partial charge in [0.1, 0.15) is 22.8 Å². The van der Waals surface area contributed by atoms with E-state index in [1.54, 1.807) is 18.2 Å². The number of aromatic nitrogens is 1. The van der Waals surface area contributed by atoms with Crippen LogP contribution in [0.3, 0.4) is 0 Å². The molecule has 2 N–H and O–H groups in total. The Hall–Kier alpha value is -3.91. The van der Waals surface area contributed by atoms with E-state index in [2.05, 4.69) is 10.3 Å². The normalized spacial score (nSPS) is 12.4. The lowest BCUT2D eigenvalue weighted by Gasteiger charge is -2.22. The molecule has 0 fully saturated rings. The number of aliphatic carboxylic acids is 1. The van der Waals surface area contributed by atoms with Gasteiger partial charge in [-0.15, -0.1) is 0 Å². The summed E-state index contributed by atoms with van der Waals surface area (Å²) in [5.74, 6) is 0.0803. The average Bonchev–Trinajstić information content (AvgIpc) is 3.26. The highest BCUT2D eigenvalue weighted by molar-refractivity contribution is 5.76. The molecule has 1 unspecified atom stereocenters. The maximum Gasteiger partial charge on any atom is 0.347 e. The van der Waals surface area contributed by atoms with Crippen LogP contribution >= 0.6 is 0 Å². The van der Waals surface area contributed by atoms with Crippen LogP contribution in [0, 0.1) is 5.82 Å². The van der Waals surface area contributed by atoms with Crippen molar-refractivity contribution in [3.05, 3.63) is 90.1 Å². The van der Waals surface area contributed by atoms with Crippen molar-refractivity contribution in [2.24, 2.45) is 0 Å². The molecule has 0 saturated heterocycles. The Labute approximate surface area is 202 Å². The van der Waals surface area contributed by atoms with Crippen molar-refractivity contribution in [3.8, 4) is 11.5 Å². The number of ether oxygens (including phenoxy) is 2. The third-order valence-corrected chi connectivity index (χ3v) is 5.38. The summed E-state index contributed by atoms with van der Waals surface area (Å²) >= 11 is 0. The van der Waals surface area contributed by atoms with Gasteiger partial charge < -0.3 is 24.3 Å². The minimum atomic E-state index is -1.32. The molecule has 0 saturated carbocycles. The van der Waals surface area contributed by atoms with Crippen molar-refractivity contribution in [2.45, 2.75) is 38.5 Å². The summed E-state index contributed by atoms with van der Waals surface area (Å²) < 4.78 is 31.0. The summed E-state index contributed by atoms with van der Waals surface area (Å²) in [6, 6.07) is 20.6. The van der Waals surface area contributed by atoms with E-state index in [4.69, 9.17) is 13.9 Å². The number of nitrogens with zero attached hydrogens (tertiary/aromatic N) is 1. The first-order valence-electron chi connectivity index (χ1n) is 11.3. The standard InChI is InChI=1S/C27H27FN2O5/c1-27(2,26(31)32)35-21-7-5-6-18(16-21)17-29-15-14-24(33-20-12-10-19(28)11-13-20)25-30-22-8-3-4-9-23(22)34-25/h3-13,16,24,29H,14-15,17H2,1-2H3,(H,31,32). The number of para-hydroxylation sites is 2. The second-order valence-corrected chi connectivity index (χ2v) is 8.61. The fourth-order valence-electron chi connectivity index (χ4n) is 3.46. The summed E-state index contributed by atoms with van der Waals surface area (Å²) in [6.45, 7) is 4.14. The number of benzene rings is 3. The predicted octanol–water partition coefficient (Wildman–Crippen LogP) is 5.51. The van der Waals surface area contributed by atoms with Gasteiger partial charge in [0.25, 0.3) is 0 Å². The van der Waals surface area contributed by atoms with Crippen molar-refractivity contribution < 1.29 is 28.2 Å². The quantitative estimate of drug-likeness (QED) is 0.275. The van der Waals surface area contributed by atoms with Gasteiger partial charge in [-0.2, -0.15) is 0 Å². The molecule has 35 heavy (non-hydrogen) atoms. The Bertz CT molecular complexity index is 1250. The molecule has 1 aromatic heterocycles. The Balaban J connectivity index is 1.40. The molecule has 3 aromatic carbocycles. The zero-order chi connectivity index (χ0) is 24.8. The highest BCUT2D eigenvalue weighted by Crippen LogP contribution is 2.27. The molecule has 0 bridgehead atoms. The van der Waals surface area contributed by atoms with E-state index in [9.17, 15) is 14.3 Å². The van der Waals surface area contributed by atoms with Crippen molar-refractivity contribution in [1.82, 2.24) is 10.3 Å². The molecule has 0 spiro atoms. The van der Waals surface area contributed by atoms with Gasteiger partial charge in [-0.1, -0.05) is 24.3 Å². The zero-order valence-electron chi connectivity index (χ0n) is 19.5. The van der Waals surface area contributed by atoms with Crippen LogP contribution in [0.4, 0.5) is 4.39 Å². The number of hydrogen-bond acceptors (Lipinski definition) is 6. The van der Waals surface area contributed by atoms with Crippen LogP contribution in [0.25, 0.3) is 11.1 Å². The highest BCUT2D eigenvalue weighted by Gasteiger charge is 2.29. The van der Waals surface area contributed by atoms with Crippen molar-refractivity contribution in [1.29, 1.82) is 0 Å². The SMILES string of the molecule is CC(C)(Oc1cccc(CNCCC(Oc2ccc(F)cc2)c2nc3ccccc3o2)c1)C(=O)O. The average molecular weight is 479 g/mol. The number of carboxylic acids is 1. The molecule has 0 aliphatic heterocycles. The minimum Gasteiger partial charge on any atom is -0.481 e. The Morgan fingerprint density at radius 1 is 1.09 bits per heavy atom. The molecule has 182 valence electrons. The number of halogens is 1. The van der Waals surface area contributed by atoms with E-state index in [1.807, 2.05) is 42.5 Å². The van der Waals surface area contributed by atoms with Gasteiger partial charge in [-0.25, -0.2) is 14.2 Å². The Kier molecular flexibility index (Phi) is 7.31. The zero-order valence-corrected chi connectivity index (χ0v) is 19.5. The Morgan fingerprint density at radius 2 is 1.86 bits per heavy atom. The van der Waals surface area contributed by atoms with E-state index < -0.39 is 17.7 Å². The molecular weight excluding hydrogens is 451 g/mol. The molecule has 1 atom stereocenters. The van der Waals surface area contributed by atoms with Gasteiger partial charge in [0.2, 0.25) is 5.89 Å². The lowest BCUT2D eigenvalue weighted by atomic mass is 10.1.